The molecule has 0 spiro atoms. The van der Waals surface area contributed by atoms with Gasteiger partial charge < -0.3 is 11.1 Å². The van der Waals surface area contributed by atoms with Gasteiger partial charge in [0.15, 0.2) is 0 Å². The molecule has 1 aromatic rings. The molecule has 3 N–H and O–H groups in total. The Balaban J connectivity index is 2.49. The fraction of sp³-hybridized carbons (Fsp3) is 0.462. The van der Waals surface area contributed by atoms with Gasteiger partial charge in [-0.05, 0) is 25.5 Å². The van der Waals surface area contributed by atoms with Gasteiger partial charge in [0.05, 0.1) is 15.6 Å². The van der Waals surface area contributed by atoms with Crippen molar-refractivity contribution < 1.29 is 9.72 Å². The SMILES string of the molecule is NCCCCCCC(=O)Nc1cc([N+](=O)[O-])ccc1Cl. The van der Waals surface area contributed by atoms with Gasteiger partial charge in [-0.3, -0.25) is 14.9 Å². The lowest BCUT2D eigenvalue weighted by Gasteiger charge is -2.07. The zero-order valence-electron chi connectivity index (χ0n) is 11.1. The zero-order valence-corrected chi connectivity index (χ0v) is 11.9. The molecule has 1 rings (SSSR count). The molecule has 1 aromatic carbocycles. The van der Waals surface area contributed by atoms with Crippen molar-refractivity contribution in [2.24, 2.45) is 5.73 Å². The number of anilines is 1. The summed E-state index contributed by atoms with van der Waals surface area (Å²) in [5.41, 5.74) is 5.55. The molecule has 110 valence electrons. The number of nitro groups is 1. The fourth-order valence-corrected chi connectivity index (χ4v) is 1.88. The average Bonchev–Trinajstić information content (AvgIpc) is 2.40. The van der Waals surface area contributed by atoms with Gasteiger partial charge >= 0.3 is 0 Å². The van der Waals surface area contributed by atoms with Crippen molar-refractivity contribution in [1.29, 1.82) is 0 Å². The minimum absolute atomic E-state index is 0.104. The van der Waals surface area contributed by atoms with Crippen LogP contribution in [0.5, 0.6) is 0 Å². The Morgan fingerprint density at radius 3 is 2.65 bits per heavy atom. The van der Waals surface area contributed by atoms with Crippen LogP contribution in [0.1, 0.15) is 32.1 Å². The number of hydrogen-bond acceptors (Lipinski definition) is 4. The molecule has 0 aromatic heterocycles. The maximum Gasteiger partial charge on any atom is 0.271 e. The minimum Gasteiger partial charge on any atom is -0.330 e. The second kappa shape index (κ2) is 8.50. The highest BCUT2D eigenvalue weighted by Crippen LogP contribution is 2.26. The molecule has 20 heavy (non-hydrogen) atoms. The van der Waals surface area contributed by atoms with Crippen LogP contribution in [0.3, 0.4) is 0 Å². The van der Waals surface area contributed by atoms with E-state index in [4.69, 9.17) is 17.3 Å². The molecule has 1 amide bonds. The molecule has 0 bridgehead atoms. The van der Waals surface area contributed by atoms with Crippen LogP contribution in [0.4, 0.5) is 11.4 Å². The molecule has 0 aliphatic rings. The van der Waals surface area contributed by atoms with Crippen LogP contribution in [0, 0.1) is 10.1 Å². The molecule has 7 heteroatoms. The van der Waals surface area contributed by atoms with E-state index in [1.165, 1.54) is 18.2 Å². The van der Waals surface area contributed by atoms with Gasteiger partial charge in [0, 0.05) is 18.6 Å². The van der Waals surface area contributed by atoms with Crippen LogP contribution in [0.2, 0.25) is 5.02 Å². The van der Waals surface area contributed by atoms with E-state index in [9.17, 15) is 14.9 Å². The summed E-state index contributed by atoms with van der Waals surface area (Å²) in [6.07, 6.45) is 4.02. The molecule has 0 unspecified atom stereocenters. The Kier molecular flexibility index (Phi) is 6.97. The summed E-state index contributed by atoms with van der Waals surface area (Å²) in [7, 11) is 0. The van der Waals surface area contributed by atoms with Gasteiger partial charge in [0.2, 0.25) is 5.91 Å². The van der Waals surface area contributed by atoms with Gasteiger partial charge in [-0.2, -0.15) is 0 Å². The number of nitrogens with two attached hydrogens (primary N) is 1. The van der Waals surface area contributed by atoms with E-state index in [2.05, 4.69) is 5.32 Å². The average molecular weight is 300 g/mol. The van der Waals surface area contributed by atoms with E-state index < -0.39 is 4.92 Å². The normalized spacial score (nSPS) is 10.3. The number of hydrogen-bond donors (Lipinski definition) is 2. The third-order valence-electron chi connectivity index (χ3n) is 2.79. The number of carbonyl (C=O) groups is 1. The summed E-state index contributed by atoms with van der Waals surface area (Å²) in [5.74, 6) is -0.194. The Morgan fingerprint density at radius 2 is 2.00 bits per heavy atom. The number of amides is 1. The van der Waals surface area contributed by atoms with E-state index in [1.54, 1.807) is 0 Å². The first-order valence-corrected chi connectivity index (χ1v) is 6.86. The monoisotopic (exact) mass is 299 g/mol. The predicted octanol–water partition coefficient (Wildman–Crippen LogP) is 3.10. The maximum atomic E-state index is 11.7. The smallest absolute Gasteiger partial charge is 0.271 e. The maximum absolute atomic E-state index is 11.7. The quantitative estimate of drug-likeness (QED) is 0.438. The van der Waals surface area contributed by atoms with Gasteiger partial charge in [-0.1, -0.05) is 24.4 Å². The molecule has 6 nitrogen and oxygen atoms in total. The summed E-state index contributed by atoms with van der Waals surface area (Å²) in [6, 6.07) is 3.95. The molecule has 0 heterocycles. The highest BCUT2D eigenvalue weighted by atomic mass is 35.5. The largest absolute Gasteiger partial charge is 0.330 e. The Labute approximate surface area is 122 Å². The molecular formula is C13H18ClN3O3. The molecule has 0 aliphatic heterocycles. The lowest BCUT2D eigenvalue weighted by Crippen LogP contribution is -2.11. The number of nitrogens with zero attached hydrogens (tertiary/aromatic N) is 1. The van der Waals surface area contributed by atoms with Crippen molar-refractivity contribution in [3.05, 3.63) is 33.3 Å². The van der Waals surface area contributed by atoms with Crippen molar-refractivity contribution in [3.8, 4) is 0 Å². The summed E-state index contributed by atoms with van der Waals surface area (Å²) in [4.78, 5) is 21.8. The second-order valence-corrected chi connectivity index (χ2v) is 4.83. The van der Waals surface area contributed by atoms with Crippen molar-refractivity contribution in [1.82, 2.24) is 0 Å². The zero-order chi connectivity index (χ0) is 15.0. The van der Waals surface area contributed by atoms with Crippen LogP contribution in [-0.2, 0) is 4.79 Å². The summed E-state index contributed by atoms with van der Waals surface area (Å²) in [6.45, 7) is 0.662. The number of halogens is 1. The standard InChI is InChI=1S/C13H18ClN3O3/c14-11-7-6-10(17(19)20)9-12(11)16-13(18)5-3-1-2-4-8-15/h6-7,9H,1-5,8,15H2,(H,16,18). The first-order chi connectivity index (χ1) is 9.54. The van der Waals surface area contributed by atoms with Gasteiger partial charge in [-0.25, -0.2) is 0 Å². The molecule has 0 fully saturated rings. The first-order valence-electron chi connectivity index (χ1n) is 6.48. The highest BCUT2D eigenvalue weighted by Gasteiger charge is 2.11. The summed E-state index contributed by atoms with van der Waals surface area (Å²) >= 11 is 5.90. The lowest BCUT2D eigenvalue weighted by atomic mass is 10.1. The molecule has 0 saturated heterocycles. The summed E-state index contributed by atoms with van der Waals surface area (Å²) in [5, 5.41) is 13.5. The molecule has 0 atom stereocenters. The molecule has 0 saturated carbocycles. The van der Waals surface area contributed by atoms with Crippen LogP contribution in [-0.4, -0.2) is 17.4 Å². The van der Waals surface area contributed by atoms with Gasteiger partial charge in [0.25, 0.3) is 5.69 Å². The second-order valence-electron chi connectivity index (χ2n) is 4.42. The number of nitro benzene ring substituents is 1. The number of carbonyl (C=O) groups excluding carboxylic acids is 1. The number of non-ortho nitro benzene ring substituents is 1. The van der Waals surface area contributed by atoms with Crippen LogP contribution < -0.4 is 11.1 Å². The van der Waals surface area contributed by atoms with E-state index in [0.717, 1.165) is 25.7 Å². The fourth-order valence-electron chi connectivity index (χ4n) is 1.72. The van der Waals surface area contributed by atoms with Gasteiger partial charge in [0.1, 0.15) is 0 Å². The topological polar surface area (TPSA) is 98.3 Å². The molecular weight excluding hydrogens is 282 g/mol. The van der Waals surface area contributed by atoms with E-state index >= 15 is 0 Å². The Bertz CT molecular complexity index is 480. The van der Waals surface area contributed by atoms with E-state index in [1.807, 2.05) is 0 Å². The lowest BCUT2D eigenvalue weighted by molar-refractivity contribution is -0.384. The van der Waals surface area contributed by atoms with Gasteiger partial charge in [-0.15, -0.1) is 0 Å². The van der Waals surface area contributed by atoms with Crippen molar-refractivity contribution >= 4 is 28.9 Å². The number of rotatable bonds is 8. The third-order valence-corrected chi connectivity index (χ3v) is 3.12. The predicted molar refractivity (Wildman–Crippen MR) is 78.9 cm³/mol. The number of benzene rings is 1. The highest BCUT2D eigenvalue weighted by molar-refractivity contribution is 6.33. The molecule has 0 radical (unpaired) electrons. The Morgan fingerprint density at radius 1 is 1.30 bits per heavy atom. The summed E-state index contributed by atoms with van der Waals surface area (Å²) < 4.78 is 0. The molecule has 0 aliphatic carbocycles. The first kappa shape index (κ1) is 16.4. The third kappa shape index (κ3) is 5.54. The minimum atomic E-state index is -0.529. The van der Waals surface area contributed by atoms with Crippen LogP contribution >= 0.6 is 11.6 Å². The van der Waals surface area contributed by atoms with Crippen LogP contribution in [0.25, 0.3) is 0 Å². The van der Waals surface area contributed by atoms with Crippen molar-refractivity contribution in [2.75, 3.05) is 11.9 Å². The van der Waals surface area contributed by atoms with Crippen LogP contribution in [0.15, 0.2) is 18.2 Å². The van der Waals surface area contributed by atoms with E-state index in [-0.39, 0.29) is 22.3 Å². The number of unbranched alkanes of at least 4 members (excludes halogenated alkanes) is 3. The number of nitrogens with one attached hydrogen (secondary N) is 1. The van der Waals surface area contributed by atoms with Crippen molar-refractivity contribution in [2.45, 2.75) is 32.1 Å². The van der Waals surface area contributed by atoms with E-state index in [0.29, 0.717) is 13.0 Å². The van der Waals surface area contributed by atoms with Crippen molar-refractivity contribution in [3.63, 3.8) is 0 Å². The Hall–Kier alpha value is -1.66.